The molecule has 0 fully saturated rings. The number of aromatic hydroxyl groups is 1. The Labute approximate surface area is 120 Å². The minimum atomic E-state index is -0.249. The van der Waals surface area contributed by atoms with Crippen molar-refractivity contribution in [3.05, 3.63) is 53.2 Å². The van der Waals surface area contributed by atoms with E-state index in [1.807, 2.05) is 29.6 Å². The number of hydrogen-bond donors (Lipinski definition) is 3. The summed E-state index contributed by atoms with van der Waals surface area (Å²) in [5, 5.41) is 18.3. The van der Waals surface area contributed by atoms with E-state index in [9.17, 15) is 5.11 Å². The van der Waals surface area contributed by atoms with Crippen molar-refractivity contribution in [3.8, 4) is 16.5 Å². The molecule has 0 aliphatic rings. The van der Waals surface area contributed by atoms with Gasteiger partial charge in [0.15, 0.2) is 5.82 Å². The second kappa shape index (κ2) is 5.44. The van der Waals surface area contributed by atoms with Crippen molar-refractivity contribution in [2.75, 3.05) is 0 Å². The topological polar surface area (TPSA) is 87.8 Å². The van der Waals surface area contributed by atoms with E-state index in [0.29, 0.717) is 18.1 Å². The summed E-state index contributed by atoms with van der Waals surface area (Å²) in [6.45, 7) is 0. The highest BCUT2D eigenvalue weighted by atomic mass is 32.1. The van der Waals surface area contributed by atoms with Crippen molar-refractivity contribution in [1.82, 2.24) is 15.2 Å². The first-order valence-electron chi connectivity index (χ1n) is 6.22. The quantitative estimate of drug-likeness (QED) is 0.687. The van der Waals surface area contributed by atoms with Crippen LogP contribution in [0.15, 0.2) is 41.8 Å². The van der Waals surface area contributed by atoms with Crippen LogP contribution in [0.25, 0.3) is 10.7 Å². The molecule has 0 spiro atoms. The fraction of sp³-hybridized carbons (Fsp3) is 0.143. The van der Waals surface area contributed by atoms with Gasteiger partial charge in [0.05, 0.1) is 10.9 Å². The largest absolute Gasteiger partial charge is 0.508 e. The Morgan fingerprint density at radius 1 is 1.25 bits per heavy atom. The zero-order valence-electron chi connectivity index (χ0n) is 10.7. The van der Waals surface area contributed by atoms with Gasteiger partial charge in [-0.25, -0.2) is 4.98 Å². The summed E-state index contributed by atoms with van der Waals surface area (Å²) in [5.41, 5.74) is 7.18. The second-order valence-electron chi connectivity index (χ2n) is 4.50. The monoisotopic (exact) mass is 286 g/mol. The molecule has 2 aromatic heterocycles. The molecule has 4 N–H and O–H groups in total. The number of nitrogens with one attached hydrogen (secondary N) is 1. The van der Waals surface area contributed by atoms with Crippen LogP contribution in [0.4, 0.5) is 0 Å². The number of benzene rings is 1. The maximum Gasteiger partial charge on any atom is 0.191 e. The Hall–Kier alpha value is -2.18. The molecule has 0 saturated heterocycles. The molecule has 0 saturated carbocycles. The van der Waals surface area contributed by atoms with E-state index in [2.05, 4.69) is 15.2 Å². The molecule has 1 atom stereocenters. The number of thiophene rings is 1. The maximum atomic E-state index is 9.26. The number of phenolic OH excluding ortho intramolecular Hbond substituents is 1. The Morgan fingerprint density at radius 3 is 2.75 bits per heavy atom. The molecule has 0 radical (unpaired) electrons. The van der Waals surface area contributed by atoms with Gasteiger partial charge in [-0.2, -0.15) is 5.10 Å². The predicted octanol–water partition coefficient (Wildman–Crippen LogP) is 2.48. The second-order valence-corrected chi connectivity index (χ2v) is 5.45. The van der Waals surface area contributed by atoms with Gasteiger partial charge in [0, 0.05) is 0 Å². The molecule has 5 nitrogen and oxygen atoms in total. The third-order valence-corrected chi connectivity index (χ3v) is 3.85. The summed E-state index contributed by atoms with van der Waals surface area (Å²) in [4.78, 5) is 5.45. The normalized spacial score (nSPS) is 12.4. The van der Waals surface area contributed by atoms with Crippen molar-refractivity contribution < 1.29 is 5.11 Å². The zero-order chi connectivity index (χ0) is 13.9. The minimum Gasteiger partial charge on any atom is -0.508 e. The highest BCUT2D eigenvalue weighted by Gasteiger charge is 2.13. The highest BCUT2D eigenvalue weighted by molar-refractivity contribution is 7.13. The van der Waals surface area contributed by atoms with Gasteiger partial charge in [-0.1, -0.05) is 18.2 Å². The van der Waals surface area contributed by atoms with Crippen LogP contribution in [-0.4, -0.2) is 20.3 Å². The predicted molar refractivity (Wildman–Crippen MR) is 78.4 cm³/mol. The fourth-order valence-corrected chi connectivity index (χ4v) is 2.60. The Kier molecular flexibility index (Phi) is 3.49. The standard InChI is InChI=1S/C14H14N4OS/c15-11(8-9-3-5-10(19)6-4-9)13-16-14(18-17-13)12-2-1-7-20-12/h1-7,11,19H,8,15H2,(H,16,17,18). The number of aromatic nitrogens is 3. The van der Waals surface area contributed by atoms with Gasteiger partial charge in [0.25, 0.3) is 0 Å². The van der Waals surface area contributed by atoms with E-state index in [4.69, 9.17) is 5.73 Å². The van der Waals surface area contributed by atoms with E-state index in [-0.39, 0.29) is 11.8 Å². The summed E-state index contributed by atoms with van der Waals surface area (Å²) in [6, 6.07) is 10.7. The van der Waals surface area contributed by atoms with Crippen molar-refractivity contribution >= 4 is 11.3 Å². The number of nitrogens with zero attached hydrogens (tertiary/aromatic N) is 2. The molecule has 0 aliphatic heterocycles. The Balaban J connectivity index is 1.74. The van der Waals surface area contributed by atoms with E-state index in [1.54, 1.807) is 23.5 Å². The molecule has 0 aliphatic carbocycles. The molecule has 6 heteroatoms. The molecular weight excluding hydrogens is 272 g/mol. The van der Waals surface area contributed by atoms with Crippen molar-refractivity contribution in [3.63, 3.8) is 0 Å². The number of H-pyrrole nitrogens is 1. The first-order chi connectivity index (χ1) is 9.72. The summed E-state index contributed by atoms with van der Waals surface area (Å²) in [7, 11) is 0. The van der Waals surface area contributed by atoms with Crippen molar-refractivity contribution in [2.24, 2.45) is 5.73 Å². The van der Waals surface area contributed by atoms with Crippen molar-refractivity contribution in [2.45, 2.75) is 12.5 Å². The van der Waals surface area contributed by atoms with Crippen LogP contribution in [0, 0.1) is 0 Å². The summed E-state index contributed by atoms with van der Waals surface area (Å²) in [5.74, 6) is 1.60. The lowest BCUT2D eigenvalue weighted by Gasteiger charge is -2.08. The number of aromatic amines is 1. The molecule has 0 bridgehead atoms. The lowest BCUT2D eigenvalue weighted by Crippen LogP contribution is -2.15. The van der Waals surface area contributed by atoms with Crippen LogP contribution in [0.3, 0.4) is 0 Å². The van der Waals surface area contributed by atoms with E-state index in [1.165, 1.54) is 0 Å². The van der Waals surface area contributed by atoms with Crippen molar-refractivity contribution in [1.29, 1.82) is 0 Å². The molecule has 3 rings (SSSR count). The number of hydrogen-bond acceptors (Lipinski definition) is 5. The van der Waals surface area contributed by atoms with Gasteiger partial charge >= 0.3 is 0 Å². The summed E-state index contributed by atoms with van der Waals surface area (Å²) < 4.78 is 0. The lowest BCUT2D eigenvalue weighted by atomic mass is 10.1. The molecule has 20 heavy (non-hydrogen) atoms. The van der Waals surface area contributed by atoms with E-state index >= 15 is 0 Å². The van der Waals surface area contributed by atoms with Gasteiger partial charge in [-0.15, -0.1) is 11.3 Å². The van der Waals surface area contributed by atoms with Gasteiger partial charge < -0.3 is 10.8 Å². The van der Waals surface area contributed by atoms with Crippen LogP contribution >= 0.6 is 11.3 Å². The molecule has 1 aromatic carbocycles. The highest BCUT2D eigenvalue weighted by Crippen LogP contribution is 2.22. The van der Waals surface area contributed by atoms with Crippen LogP contribution in [0.1, 0.15) is 17.4 Å². The first kappa shape index (κ1) is 12.8. The number of nitrogens with two attached hydrogens (primary N) is 1. The molecular formula is C14H14N4OS. The van der Waals surface area contributed by atoms with Crippen LogP contribution in [-0.2, 0) is 6.42 Å². The molecule has 1 unspecified atom stereocenters. The third-order valence-electron chi connectivity index (χ3n) is 2.99. The van der Waals surface area contributed by atoms with Crippen LogP contribution in [0.5, 0.6) is 5.75 Å². The molecule has 3 aromatic rings. The summed E-state index contributed by atoms with van der Waals surface area (Å²) in [6.07, 6.45) is 0.638. The smallest absolute Gasteiger partial charge is 0.191 e. The first-order valence-corrected chi connectivity index (χ1v) is 7.10. The maximum absolute atomic E-state index is 9.26. The fourth-order valence-electron chi connectivity index (χ4n) is 1.94. The molecule has 0 amide bonds. The molecule has 102 valence electrons. The summed E-state index contributed by atoms with van der Waals surface area (Å²) >= 11 is 1.59. The van der Waals surface area contributed by atoms with Gasteiger partial charge in [0.2, 0.25) is 0 Å². The average Bonchev–Trinajstić information content (AvgIpc) is 3.11. The number of phenols is 1. The SMILES string of the molecule is NC(Cc1ccc(O)cc1)c1nc(-c2cccs2)n[nH]1. The third kappa shape index (κ3) is 2.71. The van der Waals surface area contributed by atoms with E-state index < -0.39 is 0 Å². The van der Waals surface area contributed by atoms with Gasteiger partial charge in [-0.3, -0.25) is 5.10 Å². The van der Waals surface area contributed by atoms with E-state index in [0.717, 1.165) is 10.4 Å². The Bertz CT molecular complexity index is 676. The van der Waals surface area contributed by atoms with Gasteiger partial charge in [0.1, 0.15) is 11.6 Å². The molecule has 2 heterocycles. The number of rotatable bonds is 4. The van der Waals surface area contributed by atoms with Crippen LogP contribution in [0.2, 0.25) is 0 Å². The Morgan fingerprint density at radius 2 is 2.05 bits per heavy atom. The lowest BCUT2D eigenvalue weighted by molar-refractivity contribution is 0.475. The average molecular weight is 286 g/mol. The zero-order valence-corrected chi connectivity index (χ0v) is 11.5. The van der Waals surface area contributed by atoms with Crippen LogP contribution < -0.4 is 5.73 Å². The minimum absolute atomic E-state index is 0.249. The van der Waals surface area contributed by atoms with Gasteiger partial charge in [-0.05, 0) is 35.6 Å².